The van der Waals surface area contributed by atoms with Gasteiger partial charge in [0.2, 0.25) is 0 Å². The Balaban J connectivity index is 1.80. The summed E-state index contributed by atoms with van der Waals surface area (Å²) in [4.78, 5) is 16.4. The molecule has 25 heavy (non-hydrogen) atoms. The molecule has 0 spiro atoms. The number of aromatic nitrogens is 5. The summed E-state index contributed by atoms with van der Waals surface area (Å²) < 4.78 is 1.73. The van der Waals surface area contributed by atoms with Crippen LogP contribution in [0.15, 0.2) is 30.6 Å². The largest absolute Gasteiger partial charge is 0.328 e. The number of amides is 2. The van der Waals surface area contributed by atoms with E-state index in [2.05, 4.69) is 37.0 Å². The molecular weight excluding hydrogens is 318 g/mol. The van der Waals surface area contributed by atoms with E-state index in [-0.39, 0.29) is 12.1 Å². The van der Waals surface area contributed by atoms with Crippen LogP contribution in [0, 0.1) is 20.8 Å². The highest BCUT2D eigenvalue weighted by atomic mass is 16.2. The smallest absolute Gasteiger partial charge is 0.320 e. The van der Waals surface area contributed by atoms with Crippen molar-refractivity contribution in [3.63, 3.8) is 0 Å². The van der Waals surface area contributed by atoms with Crippen LogP contribution >= 0.6 is 0 Å². The lowest BCUT2D eigenvalue weighted by Gasteiger charge is -2.14. The van der Waals surface area contributed by atoms with Crippen molar-refractivity contribution in [1.82, 2.24) is 30.3 Å². The van der Waals surface area contributed by atoms with Crippen LogP contribution in [0.25, 0.3) is 5.69 Å². The fraction of sp³-hybridized carbons (Fsp3) is 0.294. The Morgan fingerprint density at radius 3 is 2.52 bits per heavy atom. The Hall–Kier alpha value is -3.16. The van der Waals surface area contributed by atoms with Gasteiger partial charge in [-0.25, -0.2) is 14.5 Å². The first-order chi connectivity index (χ1) is 11.9. The van der Waals surface area contributed by atoms with Gasteiger partial charge in [0.15, 0.2) is 0 Å². The summed E-state index contributed by atoms with van der Waals surface area (Å²) in [6, 6.07) is 7.35. The Kier molecular flexibility index (Phi) is 4.51. The lowest BCUT2D eigenvalue weighted by atomic mass is 10.1. The molecule has 0 fully saturated rings. The second kappa shape index (κ2) is 6.76. The second-order valence-corrected chi connectivity index (χ2v) is 6.12. The number of aryl methyl sites for hydroxylation is 3. The van der Waals surface area contributed by atoms with Gasteiger partial charge in [0.1, 0.15) is 18.0 Å². The Bertz CT molecular complexity index is 862. The topological polar surface area (TPSA) is 101 Å². The van der Waals surface area contributed by atoms with Crippen molar-refractivity contribution < 1.29 is 4.79 Å². The van der Waals surface area contributed by atoms with Crippen LogP contribution in [-0.4, -0.2) is 31.0 Å². The summed E-state index contributed by atoms with van der Waals surface area (Å²) in [5.74, 6) is 1.19. The predicted octanol–water partition coefficient (Wildman–Crippen LogP) is 2.80. The van der Waals surface area contributed by atoms with E-state index in [4.69, 9.17) is 0 Å². The van der Waals surface area contributed by atoms with Gasteiger partial charge in [0, 0.05) is 6.07 Å². The van der Waals surface area contributed by atoms with E-state index in [1.165, 1.54) is 6.33 Å². The van der Waals surface area contributed by atoms with Gasteiger partial charge in [0.05, 0.1) is 17.4 Å². The summed E-state index contributed by atoms with van der Waals surface area (Å²) in [6.07, 6.45) is 1.41. The molecule has 3 rings (SSSR count). The summed E-state index contributed by atoms with van der Waals surface area (Å²) in [5, 5.41) is 16.7. The lowest BCUT2D eigenvalue weighted by molar-refractivity contribution is 0.249. The van der Waals surface area contributed by atoms with Crippen LogP contribution in [0.1, 0.15) is 35.6 Å². The van der Waals surface area contributed by atoms with E-state index in [1.807, 2.05) is 45.9 Å². The second-order valence-electron chi connectivity index (χ2n) is 6.12. The number of carbonyl (C=O) groups excluding carboxylic acids is 1. The molecular formula is C17H21N7O. The maximum absolute atomic E-state index is 12.3. The molecule has 0 bridgehead atoms. The third-order valence-corrected chi connectivity index (χ3v) is 3.72. The summed E-state index contributed by atoms with van der Waals surface area (Å²) in [5.41, 5.74) is 4.00. The molecule has 8 heteroatoms. The van der Waals surface area contributed by atoms with Crippen LogP contribution in [0.2, 0.25) is 0 Å². The average Bonchev–Trinajstić information content (AvgIpc) is 3.16. The van der Waals surface area contributed by atoms with Gasteiger partial charge >= 0.3 is 6.03 Å². The minimum Gasteiger partial charge on any atom is -0.328 e. The van der Waals surface area contributed by atoms with Crippen LogP contribution < -0.4 is 10.6 Å². The molecule has 2 heterocycles. The van der Waals surface area contributed by atoms with Crippen LogP contribution in [0.5, 0.6) is 0 Å². The van der Waals surface area contributed by atoms with Gasteiger partial charge in [-0.2, -0.15) is 10.2 Å². The number of rotatable bonds is 4. The number of urea groups is 1. The van der Waals surface area contributed by atoms with E-state index in [1.54, 1.807) is 4.68 Å². The quantitative estimate of drug-likeness (QED) is 0.680. The van der Waals surface area contributed by atoms with E-state index in [0.29, 0.717) is 11.6 Å². The Labute approximate surface area is 145 Å². The zero-order chi connectivity index (χ0) is 18.0. The third-order valence-electron chi connectivity index (χ3n) is 3.72. The van der Waals surface area contributed by atoms with Crippen molar-refractivity contribution >= 4 is 11.8 Å². The number of benzene rings is 1. The monoisotopic (exact) mass is 339 g/mol. The molecule has 2 aromatic heterocycles. The maximum atomic E-state index is 12.3. The van der Waals surface area contributed by atoms with Crippen molar-refractivity contribution in [3.05, 3.63) is 53.2 Å². The number of hydrogen-bond acceptors (Lipinski definition) is 4. The van der Waals surface area contributed by atoms with Gasteiger partial charge < -0.3 is 5.32 Å². The molecule has 0 aliphatic rings. The minimum absolute atomic E-state index is 0.291. The highest BCUT2D eigenvalue weighted by Gasteiger charge is 2.15. The SMILES string of the molecule is Cc1cc(C)cc(-n2nc(C)cc2NC(=O)N[C@H](C)c2ncn[nH]2)c1. The standard InChI is InChI=1S/C17H21N7O/c1-10-5-11(2)7-14(6-10)24-15(8-12(3)23-24)21-17(25)20-13(4)16-18-9-19-22-16/h5-9,13H,1-4H3,(H,18,19,22)(H2,20,21,25)/t13-/m1/s1. The number of anilines is 1. The zero-order valence-corrected chi connectivity index (χ0v) is 14.7. The number of nitrogens with zero attached hydrogens (tertiary/aromatic N) is 4. The van der Waals surface area contributed by atoms with Gasteiger partial charge in [-0.1, -0.05) is 6.07 Å². The van der Waals surface area contributed by atoms with Crippen molar-refractivity contribution in [3.8, 4) is 5.69 Å². The molecule has 0 saturated carbocycles. The van der Waals surface area contributed by atoms with Crippen molar-refractivity contribution in [2.75, 3.05) is 5.32 Å². The zero-order valence-electron chi connectivity index (χ0n) is 14.7. The van der Waals surface area contributed by atoms with E-state index < -0.39 is 0 Å². The number of carbonyl (C=O) groups is 1. The maximum Gasteiger partial charge on any atom is 0.320 e. The molecule has 1 aromatic carbocycles. The summed E-state index contributed by atoms with van der Waals surface area (Å²) in [7, 11) is 0. The van der Waals surface area contributed by atoms with Crippen molar-refractivity contribution in [1.29, 1.82) is 0 Å². The third kappa shape index (κ3) is 3.85. The molecule has 0 radical (unpaired) electrons. The normalized spacial score (nSPS) is 12.0. The lowest BCUT2D eigenvalue weighted by Crippen LogP contribution is -2.32. The van der Waals surface area contributed by atoms with Crippen molar-refractivity contribution in [2.24, 2.45) is 0 Å². The van der Waals surface area contributed by atoms with E-state index in [0.717, 1.165) is 22.5 Å². The van der Waals surface area contributed by atoms with Gasteiger partial charge in [-0.3, -0.25) is 10.4 Å². The number of nitrogens with one attached hydrogen (secondary N) is 3. The van der Waals surface area contributed by atoms with Gasteiger partial charge in [0.25, 0.3) is 0 Å². The summed E-state index contributed by atoms with van der Waals surface area (Å²) >= 11 is 0. The number of H-pyrrole nitrogens is 1. The van der Waals surface area contributed by atoms with Crippen LogP contribution in [-0.2, 0) is 0 Å². The van der Waals surface area contributed by atoms with Gasteiger partial charge in [-0.15, -0.1) is 0 Å². The van der Waals surface area contributed by atoms with E-state index in [9.17, 15) is 4.79 Å². The highest BCUT2D eigenvalue weighted by molar-refractivity contribution is 5.89. The Morgan fingerprint density at radius 1 is 1.16 bits per heavy atom. The summed E-state index contributed by atoms with van der Waals surface area (Å²) in [6.45, 7) is 7.78. The molecule has 2 amide bonds. The van der Waals surface area contributed by atoms with Crippen LogP contribution in [0.4, 0.5) is 10.6 Å². The fourth-order valence-corrected chi connectivity index (χ4v) is 2.70. The number of hydrogen-bond donors (Lipinski definition) is 3. The molecule has 0 aliphatic heterocycles. The molecule has 1 atom stereocenters. The predicted molar refractivity (Wildman–Crippen MR) is 94.7 cm³/mol. The molecule has 130 valence electrons. The molecule has 0 saturated heterocycles. The molecule has 0 unspecified atom stereocenters. The average molecular weight is 339 g/mol. The highest BCUT2D eigenvalue weighted by Crippen LogP contribution is 2.20. The molecule has 8 nitrogen and oxygen atoms in total. The van der Waals surface area contributed by atoms with E-state index >= 15 is 0 Å². The molecule has 3 aromatic rings. The molecule has 3 N–H and O–H groups in total. The molecule has 0 aliphatic carbocycles. The fourth-order valence-electron chi connectivity index (χ4n) is 2.70. The minimum atomic E-state index is -0.338. The van der Waals surface area contributed by atoms with Gasteiger partial charge in [-0.05, 0) is 51.0 Å². The number of aromatic amines is 1. The first kappa shape index (κ1) is 16.7. The van der Waals surface area contributed by atoms with Crippen molar-refractivity contribution in [2.45, 2.75) is 33.7 Å². The first-order valence-electron chi connectivity index (χ1n) is 8.00. The first-order valence-corrected chi connectivity index (χ1v) is 8.00. The van der Waals surface area contributed by atoms with Crippen LogP contribution in [0.3, 0.4) is 0 Å². The Morgan fingerprint density at radius 2 is 1.88 bits per heavy atom.